The van der Waals surface area contributed by atoms with Crippen LogP contribution in [0.2, 0.25) is 0 Å². The maximum Gasteiger partial charge on any atom is 0.162 e. The third kappa shape index (κ3) is 7.25. The lowest BCUT2D eigenvalue weighted by molar-refractivity contribution is 0.206. The molecule has 4 N–H and O–H groups in total. The van der Waals surface area contributed by atoms with Gasteiger partial charge in [0.1, 0.15) is 24.8 Å². The molecule has 1 aromatic carbocycles. The Labute approximate surface area is 213 Å². The van der Waals surface area contributed by atoms with Gasteiger partial charge in [-0.05, 0) is 73.2 Å². The number of hydrogen-bond acceptors (Lipinski definition) is 6. The first-order valence-corrected chi connectivity index (χ1v) is 12.4. The van der Waals surface area contributed by atoms with Crippen molar-refractivity contribution in [1.82, 2.24) is 4.98 Å². The highest BCUT2D eigenvalue weighted by Crippen LogP contribution is 2.29. The first kappa shape index (κ1) is 26.6. The molecule has 7 nitrogen and oxygen atoms in total. The average Bonchev–Trinajstić information content (AvgIpc) is 3.31. The molecule has 2 aliphatic carbocycles. The molecule has 0 aliphatic heterocycles. The Hall–Kier alpha value is -4.00. The van der Waals surface area contributed by atoms with Crippen LogP contribution in [0.3, 0.4) is 0 Å². The topological polar surface area (TPSA) is 105 Å². The standard InChI is InChI=1S/C27H30N4O3.C2H6/c1-32-25-15-12-21(27(28)31-29)16-26(25)34-17-19-6-5-8-23(14-10-19)33-18-22-13-11-20-7-3-2-4-9-24(20)30-22;1-2/h3,6-8,10-16H,2,4-5,9,17-18,29H2,1H3,(H2,28,31);1-2H3. The summed E-state index contributed by atoms with van der Waals surface area (Å²) in [5.41, 5.74) is 10.8. The Morgan fingerprint density at radius 2 is 1.86 bits per heavy atom. The maximum atomic E-state index is 6.03. The third-order valence-electron chi connectivity index (χ3n) is 5.69. The van der Waals surface area contributed by atoms with Crippen molar-refractivity contribution in [3.63, 3.8) is 0 Å². The fraction of sp³-hybridized carbons (Fsp3) is 0.310. The van der Waals surface area contributed by atoms with Crippen molar-refractivity contribution in [1.29, 1.82) is 0 Å². The highest BCUT2D eigenvalue weighted by molar-refractivity contribution is 5.97. The number of pyridine rings is 1. The average molecular weight is 489 g/mol. The van der Waals surface area contributed by atoms with Gasteiger partial charge in [0.25, 0.3) is 0 Å². The molecule has 1 heterocycles. The van der Waals surface area contributed by atoms with E-state index in [2.05, 4.69) is 35.5 Å². The summed E-state index contributed by atoms with van der Waals surface area (Å²) in [6, 6.07) is 9.50. The molecule has 7 heteroatoms. The second-order valence-corrected chi connectivity index (χ2v) is 8.05. The normalized spacial score (nSPS) is 14.8. The van der Waals surface area contributed by atoms with Crippen molar-refractivity contribution in [2.24, 2.45) is 16.7 Å². The van der Waals surface area contributed by atoms with Gasteiger partial charge in [-0.15, -0.1) is 0 Å². The Morgan fingerprint density at radius 1 is 1.00 bits per heavy atom. The van der Waals surface area contributed by atoms with Gasteiger partial charge in [0.2, 0.25) is 0 Å². The van der Waals surface area contributed by atoms with Crippen LogP contribution >= 0.6 is 0 Å². The molecule has 0 amide bonds. The predicted octanol–water partition coefficient (Wildman–Crippen LogP) is 5.41. The molecule has 0 saturated heterocycles. The molecule has 4 rings (SSSR count). The van der Waals surface area contributed by atoms with E-state index < -0.39 is 0 Å². The number of amidine groups is 1. The quantitative estimate of drug-likeness (QED) is 0.223. The monoisotopic (exact) mass is 488 g/mol. The van der Waals surface area contributed by atoms with Gasteiger partial charge in [0, 0.05) is 11.3 Å². The number of nitrogens with zero attached hydrogens (tertiary/aromatic N) is 2. The van der Waals surface area contributed by atoms with E-state index >= 15 is 0 Å². The number of hydrogen-bond donors (Lipinski definition) is 2. The molecule has 0 atom stereocenters. The molecule has 0 spiro atoms. The molecule has 2 aromatic rings. The summed E-state index contributed by atoms with van der Waals surface area (Å²) in [5.74, 6) is 7.51. The van der Waals surface area contributed by atoms with Crippen LogP contribution in [0.4, 0.5) is 0 Å². The lowest BCUT2D eigenvalue weighted by atomic mass is 10.1. The number of benzene rings is 1. The molecular formula is C29H36N4O3. The molecule has 0 radical (unpaired) electrons. The number of allylic oxidation sites excluding steroid dienone is 4. The van der Waals surface area contributed by atoms with Crippen molar-refractivity contribution >= 4 is 11.9 Å². The van der Waals surface area contributed by atoms with Gasteiger partial charge in [-0.25, -0.2) is 0 Å². The van der Waals surface area contributed by atoms with Crippen LogP contribution in [0, 0.1) is 0 Å². The Kier molecular flexibility index (Phi) is 10.2. The molecular weight excluding hydrogens is 452 g/mol. The molecule has 0 fully saturated rings. The first-order chi connectivity index (χ1) is 17.7. The summed E-state index contributed by atoms with van der Waals surface area (Å²) < 4.78 is 17.4. The van der Waals surface area contributed by atoms with Crippen LogP contribution in [0.15, 0.2) is 77.1 Å². The van der Waals surface area contributed by atoms with E-state index in [0.717, 1.165) is 48.4 Å². The van der Waals surface area contributed by atoms with E-state index in [1.807, 2.05) is 32.1 Å². The van der Waals surface area contributed by atoms with Crippen LogP contribution in [-0.4, -0.2) is 24.5 Å². The molecule has 0 bridgehead atoms. The third-order valence-corrected chi connectivity index (χ3v) is 5.69. The van der Waals surface area contributed by atoms with Gasteiger partial charge in [-0.1, -0.05) is 44.2 Å². The smallest absolute Gasteiger partial charge is 0.162 e. The van der Waals surface area contributed by atoms with Crippen molar-refractivity contribution in [3.05, 3.63) is 94.6 Å². The first-order valence-electron chi connectivity index (χ1n) is 12.4. The summed E-state index contributed by atoms with van der Waals surface area (Å²) in [5, 5.41) is 3.54. The van der Waals surface area contributed by atoms with Crippen molar-refractivity contribution in [2.75, 3.05) is 13.7 Å². The summed E-state index contributed by atoms with van der Waals surface area (Å²) in [6.45, 7) is 4.81. The fourth-order valence-electron chi connectivity index (χ4n) is 3.79. The highest BCUT2D eigenvalue weighted by Gasteiger charge is 2.10. The maximum absolute atomic E-state index is 6.03. The van der Waals surface area contributed by atoms with E-state index in [4.69, 9.17) is 30.8 Å². The molecule has 190 valence electrons. The molecule has 0 unspecified atom stereocenters. The minimum absolute atomic E-state index is 0.229. The van der Waals surface area contributed by atoms with E-state index in [9.17, 15) is 0 Å². The summed E-state index contributed by atoms with van der Waals surface area (Å²) in [6.07, 6.45) is 16.5. The second kappa shape index (κ2) is 13.8. The van der Waals surface area contributed by atoms with Crippen LogP contribution in [-0.2, 0) is 17.8 Å². The van der Waals surface area contributed by atoms with Gasteiger partial charge in [0.15, 0.2) is 11.5 Å². The fourth-order valence-corrected chi connectivity index (χ4v) is 3.79. The zero-order valence-electron chi connectivity index (χ0n) is 21.4. The Bertz CT molecular complexity index is 1180. The number of nitrogens with two attached hydrogens (primary N) is 2. The lowest BCUT2D eigenvalue weighted by Crippen LogP contribution is -2.15. The van der Waals surface area contributed by atoms with Gasteiger partial charge in [0.05, 0.1) is 12.8 Å². The summed E-state index contributed by atoms with van der Waals surface area (Å²) >= 11 is 0. The van der Waals surface area contributed by atoms with Crippen LogP contribution < -0.4 is 21.1 Å². The van der Waals surface area contributed by atoms with Gasteiger partial charge < -0.3 is 25.8 Å². The summed E-state index contributed by atoms with van der Waals surface area (Å²) in [4.78, 5) is 4.80. The number of aryl methyl sites for hydroxylation is 1. The second-order valence-electron chi connectivity index (χ2n) is 8.05. The van der Waals surface area contributed by atoms with Crippen molar-refractivity contribution < 1.29 is 14.2 Å². The van der Waals surface area contributed by atoms with E-state index in [-0.39, 0.29) is 5.84 Å². The SMILES string of the molecule is CC.COc1ccc(/C(N)=N/N)cc1OCC1=CCC=C(OCc2ccc3c(n2)CCCC=C3)C=C1. The van der Waals surface area contributed by atoms with Crippen molar-refractivity contribution in [3.8, 4) is 11.5 Å². The van der Waals surface area contributed by atoms with Crippen LogP contribution in [0.25, 0.3) is 6.08 Å². The Balaban J connectivity index is 0.00000176. The largest absolute Gasteiger partial charge is 0.493 e. The minimum Gasteiger partial charge on any atom is -0.493 e. The highest BCUT2D eigenvalue weighted by atomic mass is 16.5. The van der Waals surface area contributed by atoms with E-state index in [1.165, 1.54) is 5.56 Å². The van der Waals surface area contributed by atoms with Gasteiger partial charge in [-0.3, -0.25) is 4.98 Å². The molecule has 1 aromatic heterocycles. The zero-order chi connectivity index (χ0) is 25.8. The molecule has 36 heavy (non-hydrogen) atoms. The van der Waals surface area contributed by atoms with E-state index in [1.54, 1.807) is 25.3 Å². The Morgan fingerprint density at radius 3 is 2.67 bits per heavy atom. The predicted molar refractivity (Wildman–Crippen MR) is 146 cm³/mol. The lowest BCUT2D eigenvalue weighted by Gasteiger charge is -2.12. The number of hydrazone groups is 1. The molecule has 2 aliphatic rings. The minimum atomic E-state index is 0.229. The summed E-state index contributed by atoms with van der Waals surface area (Å²) in [7, 11) is 1.59. The number of fused-ring (bicyclic) bond motifs is 1. The molecule has 0 saturated carbocycles. The number of aromatic nitrogens is 1. The van der Waals surface area contributed by atoms with Gasteiger partial charge >= 0.3 is 0 Å². The number of rotatable bonds is 8. The van der Waals surface area contributed by atoms with Crippen molar-refractivity contribution in [2.45, 2.75) is 46.1 Å². The van der Waals surface area contributed by atoms with Crippen LogP contribution in [0.1, 0.15) is 55.6 Å². The number of ether oxygens (including phenoxy) is 3. The van der Waals surface area contributed by atoms with E-state index in [0.29, 0.717) is 30.3 Å². The van der Waals surface area contributed by atoms with Gasteiger partial charge in [-0.2, -0.15) is 5.10 Å². The number of methoxy groups -OCH3 is 1. The zero-order valence-corrected chi connectivity index (χ0v) is 21.4. The van der Waals surface area contributed by atoms with Crippen LogP contribution in [0.5, 0.6) is 11.5 Å².